The van der Waals surface area contributed by atoms with E-state index < -0.39 is 6.10 Å². The molecule has 2 N–H and O–H groups in total. The van der Waals surface area contributed by atoms with Crippen LogP contribution in [0.2, 0.25) is 0 Å². The first-order chi connectivity index (χ1) is 8.00. The van der Waals surface area contributed by atoms with E-state index in [0.29, 0.717) is 12.1 Å². The number of rotatable bonds is 5. The summed E-state index contributed by atoms with van der Waals surface area (Å²) in [5, 5.41) is 12.5. The zero-order chi connectivity index (χ0) is 12.8. The largest absolute Gasteiger partial charge is 0.378 e. The molecule has 1 unspecified atom stereocenters. The van der Waals surface area contributed by atoms with Crippen LogP contribution in [0.1, 0.15) is 17.2 Å². The summed E-state index contributed by atoms with van der Waals surface area (Å²) in [6.07, 6.45) is -1.09. The summed E-state index contributed by atoms with van der Waals surface area (Å²) in [7, 11) is 3.87. The molecular formula is C13H20N2O2. The number of likely N-dealkylation sites (N-methyl/N-ethyl adjacent to an activating group) is 1. The van der Waals surface area contributed by atoms with Crippen molar-refractivity contribution in [3.63, 3.8) is 0 Å². The minimum absolute atomic E-state index is 0.351. The standard InChI is InChI=1S/C13H20N2O2/c1-10-4-6-11(7-5-10)12(16)13(17)14-8-9-15(2)3/h4-7,12,16H,8-9H2,1-3H3,(H,14,17). The summed E-state index contributed by atoms with van der Waals surface area (Å²) in [4.78, 5) is 13.6. The van der Waals surface area contributed by atoms with Crippen LogP contribution in [-0.4, -0.2) is 43.1 Å². The van der Waals surface area contributed by atoms with E-state index in [0.717, 1.165) is 12.1 Å². The Morgan fingerprint density at radius 3 is 2.47 bits per heavy atom. The minimum atomic E-state index is -1.09. The van der Waals surface area contributed by atoms with E-state index in [2.05, 4.69) is 5.32 Å². The fourth-order valence-corrected chi connectivity index (χ4v) is 1.40. The van der Waals surface area contributed by atoms with Gasteiger partial charge >= 0.3 is 0 Å². The maximum Gasteiger partial charge on any atom is 0.253 e. The second-order valence-corrected chi connectivity index (χ2v) is 4.41. The van der Waals surface area contributed by atoms with Crippen molar-refractivity contribution in [3.8, 4) is 0 Å². The van der Waals surface area contributed by atoms with Crippen molar-refractivity contribution < 1.29 is 9.90 Å². The van der Waals surface area contributed by atoms with E-state index in [1.54, 1.807) is 12.1 Å². The van der Waals surface area contributed by atoms with Gasteiger partial charge in [0.15, 0.2) is 6.10 Å². The average Bonchev–Trinajstić information content (AvgIpc) is 2.28. The molecule has 0 saturated carbocycles. The highest BCUT2D eigenvalue weighted by Crippen LogP contribution is 2.13. The first kappa shape index (κ1) is 13.7. The molecule has 0 radical (unpaired) electrons. The SMILES string of the molecule is Cc1ccc(C(O)C(=O)NCCN(C)C)cc1. The molecule has 4 heteroatoms. The van der Waals surface area contributed by atoms with Gasteiger partial charge < -0.3 is 15.3 Å². The summed E-state index contributed by atoms with van der Waals surface area (Å²) in [6.45, 7) is 3.26. The summed E-state index contributed by atoms with van der Waals surface area (Å²) < 4.78 is 0. The van der Waals surface area contributed by atoms with Gasteiger partial charge in [0.1, 0.15) is 0 Å². The lowest BCUT2D eigenvalue weighted by molar-refractivity contribution is -0.129. The molecule has 1 aromatic rings. The molecule has 4 nitrogen and oxygen atoms in total. The number of aliphatic hydroxyl groups excluding tert-OH is 1. The van der Waals surface area contributed by atoms with Crippen LogP contribution in [0.25, 0.3) is 0 Å². The van der Waals surface area contributed by atoms with Gasteiger partial charge in [-0.15, -0.1) is 0 Å². The fraction of sp³-hybridized carbons (Fsp3) is 0.462. The van der Waals surface area contributed by atoms with Gasteiger partial charge in [-0.1, -0.05) is 29.8 Å². The molecule has 0 aliphatic carbocycles. The lowest BCUT2D eigenvalue weighted by Gasteiger charge is -2.14. The number of aliphatic hydroxyl groups is 1. The summed E-state index contributed by atoms with van der Waals surface area (Å²) in [5.41, 5.74) is 1.73. The Hall–Kier alpha value is -1.39. The molecule has 0 aliphatic rings. The van der Waals surface area contributed by atoms with Gasteiger partial charge in [-0.05, 0) is 26.6 Å². The molecule has 94 valence electrons. The quantitative estimate of drug-likeness (QED) is 0.791. The Kier molecular flexibility index (Phi) is 5.12. The molecule has 17 heavy (non-hydrogen) atoms. The number of carbonyl (C=O) groups is 1. The van der Waals surface area contributed by atoms with Gasteiger partial charge in [0.25, 0.3) is 5.91 Å². The van der Waals surface area contributed by atoms with Crippen molar-refractivity contribution in [2.24, 2.45) is 0 Å². The third-order valence-corrected chi connectivity index (χ3v) is 2.50. The third-order valence-electron chi connectivity index (χ3n) is 2.50. The number of nitrogens with zero attached hydrogens (tertiary/aromatic N) is 1. The topological polar surface area (TPSA) is 52.6 Å². The maximum atomic E-state index is 11.6. The predicted octanol–water partition coefficient (Wildman–Crippen LogP) is 0.706. The monoisotopic (exact) mass is 236 g/mol. The van der Waals surface area contributed by atoms with Crippen LogP contribution in [-0.2, 0) is 4.79 Å². The normalized spacial score (nSPS) is 12.5. The van der Waals surface area contributed by atoms with Crippen molar-refractivity contribution in [2.75, 3.05) is 27.2 Å². The number of aryl methyl sites for hydroxylation is 1. The minimum Gasteiger partial charge on any atom is -0.378 e. The molecule has 0 aliphatic heterocycles. The van der Waals surface area contributed by atoms with Crippen molar-refractivity contribution >= 4 is 5.91 Å². The number of amides is 1. The Bertz CT molecular complexity index is 360. The molecule has 0 spiro atoms. The molecule has 0 bridgehead atoms. The van der Waals surface area contributed by atoms with Crippen LogP contribution in [0.4, 0.5) is 0 Å². The molecule has 1 amide bonds. The highest BCUT2D eigenvalue weighted by molar-refractivity contribution is 5.81. The van der Waals surface area contributed by atoms with Crippen LogP contribution in [0.15, 0.2) is 24.3 Å². The molecule has 1 rings (SSSR count). The van der Waals surface area contributed by atoms with E-state index in [-0.39, 0.29) is 5.91 Å². The summed E-state index contributed by atoms with van der Waals surface area (Å²) in [6, 6.07) is 7.30. The molecule has 0 saturated heterocycles. The van der Waals surface area contributed by atoms with Crippen LogP contribution >= 0.6 is 0 Å². The Morgan fingerprint density at radius 2 is 1.94 bits per heavy atom. The lowest BCUT2D eigenvalue weighted by atomic mass is 10.1. The second kappa shape index (κ2) is 6.37. The van der Waals surface area contributed by atoms with Gasteiger partial charge in [-0.3, -0.25) is 4.79 Å². The smallest absolute Gasteiger partial charge is 0.253 e. The van der Waals surface area contributed by atoms with Crippen molar-refractivity contribution in [1.29, 1.82) is 0 Å². The van der Waals surface area contributed by atoms with Gasteiger partial charge in [0.2, 0.25) is 0 Å². The van der Waals surface area contributed by atoms with Crippen LogP contribution in [0.3, 0.4) is 0 Å². The van der Waals surface area contributed by atoms with Crippen LogP contribution in [0, 0.1) is 6.92 Å². The van der Waals surface area contributed by atoms with Crippen molar-refractivity contribution in [3.05, 3.63) is 35.4 Å². The van der Waals surface area contributed by atoms with Crippen molar-refractivity contribution in [1.82, 2.24) is 10.2 Å². The lowest BCUT2D eigenvalue weighted by Crippen LogP contribution is -2.34. The first-order valence-electron chi connectivity index (χ1n) is 5.68. The summed E-state index contributed by atoms with van der Waals surface area (Å²) >= 11 is 0. The molecule has 0 heterocycles. The molecule has 0 aromatic heterocycles. The van der Waals surface area contributed by atoms with Gasteiger partial charge in [-0.2, -0.15) is 0 Å². The Morgan fingerprint density at radius 1 is 1.35 bits per heavy atom. The second-order valence-electron chi connectivity index (χ2n) is 4.41. The average molecular weight is 236 g/mol. The number of hydrogen-bond donors (Lipinski definition) is 2. The van der Waals surface area contributed by atoms with Gasteiger partial charge in [0.05, 0.1) is 0 Å². The molecule has 1 aromatic carbocycles. The number of nitrogens with one attached hydrogen (secondary N) is 1. The molecular weight excluding hydrogens is 216 g/mol. The van der Waals surface area contributed by atoms with Crippen LogP contribution in [0.5, 0.6) is 0 Å². The Labute approximate surface area is 102 Å². The molecule has 1 atom stereocenters. The molecule has 0 fully saturated rings. The van der Waals surface area contributed by atoms with Crippen molar-refractivity contribution in [2.45, 2.75) is 13.0 Å². The van der Waals surface area contributed by atoms with E-state index >= 15 is 0 Å². The zero-order valence-electron chi connectivity index (χ0n) is 10.6. The van der Waals surface area contributed by atoms with Gasteiger partial charge in [0, 0.05) is 13.1 Å². The van der Waals surface area contributed by atoms with E-state index in [9.17, 15) is 9.90 Å². The number of hydrogen-bond acceptors (Lipinski definition) is 3. The first-order valence-corrected chi connectivity index (χ1v) is 5.68. The zero-order valence-corrected chi connectivity index (χ0v) is 10.6. The van der Waals surface area contributed by atoms with Gasteiger partial charge in [-0.25, -0.2) is 0 Å². The number of carbonyl (C=O) groups excluding carboxylic acids is 1. The highest BCUT2D eigenvalue weighted by Gasteiger charge is 2.16. The Balaban J connectivity index is 2.49. The van der Waals surface area contributed by atoms with E-state index in [1.807, 2.05) is 38.1 Å². The highest BCUT2D eigenvalue weighted by atomic mass is 16.3. The predicted molar refractivity (Wildman–Crippen MR) is 67.7 cm³/mol. The third kappa shape index (κ3) is 4.54. The van der Waals surface area contributed by atoms with Crippen LogP contribution < -0.4 is 5.32 Å². The van der Waals surface area contributed by atoms with E-state index in [4.69, 9.17) is 0 Å². The summed E-state index contributed by atoms with van der Waals surface area (Å²) in [5.74, 6) is -0.351. The maximum absolute atomic E-state index is 11.6. The van der Waals surface area contributed by atoms with E-state index in [1.165, 1.54) is 0 Å². The fourth-order valence-electron chi connectivity index (χ4n) is 1.40. The number of benzene rings is 1.